The molecular formula is C14H17BrClNO3S. The maximum absolute atomic E-state index is 12.5. The molecule has 1 saturated carbocycles. The van der Waals surface area contributed by atoms with Gasteiger partial charge in [0.05, 0.1) is 10.6 Å². The summed E-state index contributed by atoms with van der Waals surface area (Å²) in [5, 5.41) is 2.90. The number of halogens is 2. The van der Waals surface area contributed by atoms with Crippen LogP contribution in [-0.4, -0.2) is 14.3 Å². The van der Waals surface area contributed by atoms with E-state index in [0.29, 0.717) is 10.2 Å². The van der Waals surface area contributed by atoms with Crippen LogP contribution in [0.15, 0.2) is 27.6 Å². The fourth-order valence-electron chi connectivity index (χ4n) is 2.80. The lowest BCUT2D eigenvalue weighted by atomic mass is 9.82. The highest BCUT2D eigenvalue weighted by Gasteiger charge is 2.39. The summed E-state index contributed by atoms with van der Waals surface area (Å²) >= 11 is 3.28. The Morgan fingerprint density at radius 2 is 2.00 bits per heavy atom. The molecule has 116 valence electrons. The van der Waals surface area contributed by atoms with Crippen molar-refractivity contribution in [3.63, 3.8) is 0 Å². The number of carbonyl (C=O) groups is 1. The van der Waals surface area contributed by atoms with Gasteiger partial charge >= 0.3 is 0 Å². The van der Waals surface area contributed by atoms with E-state index in [1.165, 1.54) is 12.1 Å². The topological polar surface area (TPSA) is 63.2 Å². The first-order valence-electron chi connectivity index (χ1n) is 6.84. The van der Waals surface area contributed by atoms with Gasteiger partial charge in [-0.25, -0.2) is 8.42 Å². The number of nitrogens with one attached hydrogen (secondary N) is 1. The molecule has 7 heteroatoms. The number of carbonyl (C=O) groups excluding carboxylic acids is 1. The zero-order valence-corrected chi connectivity index (χ0v) is 14.8. The molecule has 1 aliphatic rings. The van der Waals surface area contributed by atoms with Crippen molar-refractivity contribution < 1.29 is 13.2 Å². The third-order valence-electron chi connectivity index (χ3n) is 4.19. The van der Waals surface area contributed by atoms with E-state index in [1.807, 2.05) is 6.92 Å². The van der Waals surface area contributed by atoms with Gasteiger partial charge in [-0.05, 0) is 53.4 Å². The van der Waals surface area contributed by atoms with Crippen LogP contribution >= 0.6 is 26.6 Å². The van der Waals surface area contributed by atoms with E-state index in [-0.39, 0.29) is 16.2 Å². The van der Waals surface area contributed by atoms with Gasteiger partial charge in [0, 0.05) is 20.6 Å². The number of anilines is 1. The van der Waals surface area contributed by atoms with Crippen molar-refractivity contribution in [1.82, 2.24) is 0 Å². The van der Waals surface area contributed by atoms with Gasteiger partial charge in [0.1, 0.15) is 0 Å². The van der Waals surface area contributed by atoms with E-state index in [4.69, 9.17) is 10.7 Å². The Kier molecular flexibility index (Phi) is 5.00. The highest BCUT2D eigenvalue weighted by atomic mass is 79.9. The van der Waals surface area contributed by atoms with Crippen molar-refractivity contribution >= 4 is 47.3 Å². The zero-order chi connectivity index (χ0) is 15.7. The minimum Gasteiger partial charge on any atom is -0.325 e. The van der Waals surface area contributed by atoms with Gasteiger partial charge in [0.15, 0.2) is 0 Å². The van der Waals surface area contributed by atoms with Crippen molar-refractivity contribution in [3.8, 4) is 0 Å². The molecule has 0 spiro atoms. The van der Waals surface area contributed by atoms with Crippen molar-refractivity contribution in [2.24, 2.45) is 5.41 Å². The van der Waals surface area contributed by atoms with E-state index in [0.717, 1.165) is 32.1 Å². The molecule has 1 aliphatic carbocycles. The minimum atomic E-state index is -3.77. The molecule has 1 fully saturated rings. The predicted octanol–water partition coefficient (Wildman–Crippen LogP) is 4.29. The summed E-state index contributed by atoms with van der Waals surface area (Å²) < 4.78 is 23.1. The second-order valence-corrected chi connectivity index (χ2v) is 8.79. The van der Waals surface area contributed by atoms with Crippen molar-refractivity contribution in [2.75, 3.05) is 5.32 Å². The Hall–Kier alpha value is -0.590. The monoisotopic (exact) mass is 393 g/mol. The molecule has 1 N–H and O–H groups in total. The van der Waals surface area contributed by atoms with Gasteiger partial charge in [-0.2, -0.15) is 0 Å². The third kappa shape index (κ3) is 3.60. The maximum atomic E-state index is 12.5. The van der Waals surface area contributed by atoms with Crippen LogP contribution in [0.5, 0.6) is 0 Å². The first-order valence-corrected chi connectivity index (χ1v) is 9.94. The van der Waals surface area contributed by atoms with Gasteiger partial charge in [0.25, 0.3) is 9.05 Å². The third-order valence-corrected chi connectivity index (χ3v) is 6.20. The Bertz CT molecular complexity index is 654. The van der Waals surface area contributed by atoms with E-state index < -0.39 is 9.05 Å². The van der Waals surface area contributed by atoms with E-state index in [9.17, 15) is 13.2 Å². The molecule has 0 unspecified atom stereocenters. The molecular weight excluding hydrogens is 378 g/mol. The zero-order valence-electron chi connectivity index (χ0n) is 11.7. The van der Waals surface area contributed by atoms with Crippen molar-refractivity contribution in [1.29, 1.82) is 0 Å². The van der Waals surface area contributed by atoms with Crippen LogP contribution < -0.4 is 5.32 Å². The molecule has 0 aliphatic heterocycles. The summed E-state index contributed by atoms with van der Waals surface area (Å²) in [6.07, 6.45) is 4.77. The second-order valence-electron chi connectivity index (χ2n) is 5.37. The van der Waals surface area contributed by atoms with Crippen LogP contribution in [0.1, 0.15) is 39.0 Å². The largest absolute Gasteiger partial charge is 0.325 e. The van der Waals surface area contributed by atoms with Gasteiger partial charge in [-0.3, -0.25) is 4.79 Å². The molecule has 0 heterocycles. The van der Waals surface area contributed by atoms with Crippen LogP contribution in [0, 0.1) is 5.41 Å². The fourth-order valence-corrected chi connectivity index (χ4v) is 4.20. The molecule has 4 nitrogen and oxygen atoms in total. The molecule has 0 bridgehead atoms. The van der Waals surface area contributed by atoms with Crippen LogP contribution in [0.25, 0.3) is 0 Å². The van der Waals surface area contributed by atoms with Gasteiger partial charge in [0.2, 0.25) is 5.91 Å². The minimum absolute atomic E-state index is 0.000104. The molecule has 0 atom stereocenters. The standard InChI is InChI=1S/C14H17BrClNO3S/c1-2-14(7-3-4-8-14)13(18)17-12-6-5-10(9-11(12)15)21(16,19)20/h5-6,9H,2-4,7-8H2,1H3,(H,17,18). The molecule has 0 saturated heterocycles. The highest BCUT2D eigenvalue weighted by Crippen LogP contribution is 2.42. The molecule has 0 aromatic heterocycles. The lowest BCUT2D eigenvalue weighted by Crippen LogP contribution is -2.33. The van der Waals surface area contributed by atoms with E-state index in [2.05, 4.69) is 21.2 Å². The summed E-state index contributed by atoms with van der Waals surface area (Å²) in [4.78, 5) is 12.5. The smallest absolute Gasteiger partial charge is 0.261 e. The van der Waals surface area contributed by atoms with Crippen LogP contribution in [0.4, 0.5) is 5.69 Å². The first kappa shape index (κ1) is 16.8. The number of rotatable bonds is 4. The number of hydrogen-bond donors (Lipinski definition) is 1. The van der Waals surface area contributed by atoms with Crippen molar-refractivity contribution in [2.45, 2.75) is 43.9 Å². The van der Waals surface area contributed by atoms with Crippen LogP contribution in [0.2, 0.25) is 0 Å². The maximum Gasteiger partial charge on any atom is 0.261 e. The van der Waals surface area contributed by atoms with Crippen LogP contribution in [0.3, 0.4) is 0 Å². The Balaban J connectivity index is 2.22. The van der Waals surface area contributed by atoms with Crippen molar-refractivity contribution in [3.05, 3.63) is 22.7 Å². The summed E-state index contributed by atoms with van der Waals surface area (Å²) in [5.74, 6) is 0.00433. The normalized spacial score (nSPS) is 17.7. The summed E-state index contributed by atoms with van der Waals surface area (Å²) in [6, 6.07) is 4.33. The molecule has 0 radical (unpaired) electrons. The number of benzene rings is 1. The molecule has 21 heavy (non-hydrogen) atoms. The van der Waals surface area contributed by atoms with E-state index >= 15 is 0 Å². The van der Waals surface area contributed by atoms with E-state index in [1.54, 1.807) is 6.07 Å². The quantitative estimate of drug-likeness (QED) is 0.775. The average Bonchev–Trinajstić information content (AvgIpc) is 2.90. The van der Waals surface area contributed by atoms with Gasteiger partial charge < -0.3 is 5.32 Å². The average molecular weight is 395 g/mol. The summed E-state index contributed by atoms with van der Waals surface area (Å²) in [6.45, 7) is 2.03. The van der Waals surface area contributed by atoms with Gasteiger partial charge in [-0.1, -0.05) is 19.8 Å². The lowest BCUT2D eigenvalue weighted by Gasteiger charge is -2.26. The number of hydrogen-bond acceptors (Lipinski definition) is 3. The Labute approximate surface area is 137 Å². The lowest BCUT2D eigenvalue weighted by molar-refractivity contribution is -0.125. The molecule has 1 aromatic rings. The fraction of sp³-hybridized carbons (Fsp3) is 0.500. The summed E-state index contributed by atoms with van der Waals surface area (Å²) in [7, 11) is 1.53. The SMILES string of the molecule is CCC1(C(=O)Nc2ccc(S(=O)(=O)Cl)cc2Br)CCCC1. The first-order chi connectivity index (χ1) is 9.78. The second kappa shape index (κ2) is 6.26. The van der Waals surface area contributed by atoms with Gasteiger partial charge in [-0.15, -0.1) is 0 Å². The van der Waals surface area contributed by atoms with Crippen LogP contribution in [-0.2, 0) is 13.8 Å². The molecule has 1 amide bonds. The Morgan fingerprint density at radius 1 is 1.38 bits per heavy atom. The number of amides is 1. The predicted molar refractivity (Wildman–Crippen MR) is 87.0 cm³/mol. The molecule has 2 rings (SSSR count). The molecule has 1 aromatic carbocycles. The summed E-state index contributed by atoms with van der Waals surface area (Å²) in [5.41, 5.74) is 0.264. The Morgan fingerprint density at radius 3 is 2.48 bits per heavy atom. The highest BCUT2D eigenvalue weighted by molar-refractivity contribution is 9.10.